The van der Waals surface area contributed by atoms with Crippen molar-refractivity contribution in [1.29, 1.82) is 0 Å². The zero-order chi connectivity index (χ0) is 13.8. The molecule has 7 heteroatoms. The van der Waals surface area contributed by atoms with Crippen molar-refractivity contribution in [2.75, 3.05) is 6.54 Å². The average molecular weight is 262 g/mol. The number of aromatic nitrogens is 1. The quantitative estimate of drug-likeness (QED) is 0.852. The summed E-state index contributed by atoms with van der Waals surface area (Å²) in [4.78, 5) is 14.5. The third-order valence-corrected chi connectivity index (χ3v) is 2.45. The lowest BCUT2D eigenvalue weighted by atomic mass is 10.1. The number of hydrogen-bond acceptors (Lipinski definition) is 3. The van der Waals surface area contributed by atoms with E-state index in [0.29, 0.717) is 5.69 Å². The molecule has 2 unspecified atom stereocenters. The molecule has 18 heavy (non-hydrogen) atoms. The van der Waals surface area contributed by atoms with Crippen molar-refractivity contribution in [2.45, 2.75) is 19.1 Å². The normalized spacial score (nSPS) is 15.1. The predicted molar refractivity (Wildman–Crippen MR) is 57.8 cm³/mol. The van der Waals surface area contributed by atoms with Crippen molar-refractivity contribution in [1.82, 2.24) is 10.3 Å². The van der Waals surface area contributed by atoms with Crippen LogP contribution in [-0.2, 0) is 4.79 Å². The van der Waals surface area contributed by atoms with Crippen molar-refractivity contribution in [3.8, 4) is 0 Å². The van der Waals surface area contributed by atoms with Crippen LogP contribution in [0.4, 0.5) is 13.2 Å². The maximum Gasteiger partial charge on any atom is 0.403 e. The standard InChI is InChI=1S/C11H13F3N2O2/c1-7(9-4-2-3-5-15-9)16-6-8(10(17)18)11(12,13)14/h2-5,7-8,16H,6H2,1H3,(H,17,18). The molecule has 0 aliphatic heterocycles. The molecule has 1 aromatic heterocycles. The van der Waals surface area contributed by atoms with Crippen LogP contribution in [0, 0.1) is 5.92 Å². The summed E-state index contributed by atoms with van der Waals surface area (Å²) in [7, 11) is 0. The highest BCUT2D eigenvalue weighted by Crippen LogP contribution is 2.26. The van der Waals surface area contributed by atoms with E-state index in [1.165, 1.54) is 6.20 Å². The molecule has 100 valence electrons. The highest BCUT2D eigenvalue weighted by molar-refractivity contribution is 5.71. The maximum atomic E-state index is 12.4. The largest absolute Gasteiger partial charge is 0.481 e. The molecule has 1 aromatic rings. The van der Waals surface area contributed by atoms with Crippen LogP contribution in [0.15, 0.2) is 24.4 Å². The topological polar surface area (TPSA) is 62.2 Å². The van der Waals surface area contributed by atoms with Gasteiger partial charge in [0, 0.05) is 18.8 Å². The van der Waals surface area contributed by atoms with Crippen LogP contribution in [0.2, 0.25) is 0 Å². The molecule has 1 heterocycles. The number of alkyl halides is 3. The van der Waals surface area contributed by atoms with Crippen LogP contribution in [0.5, 0.6) is 0 Å². The SMILES string of the molecule is CC(NCC(C(=O)O)C(F)(F)F)c1ccccn1. The monoisotopic (exact) mass is 262 g/mol. The average Bonchev–Trinajstić information content (AvgIpc) is 2.28. The summed E-state index contributed by atoms with van der Waals surface area (Å²) in [6.45, 7) is 0.939. The van der Waals surface area contributed by atoms with Crippen LogP contribution in [0.1, 0.15) is 18.7 Å². The van der Waals surface area contributed by atoms with Gasteiger partial charge < -0.3 is 10.4 Å². The van der Waals surface area contributed by atoms with Gasteiger partial charge in [-0.15, -0.1) is 0 Å². The van der Waals surface area contributed by atoms with E-state index in [0.717, 1.165) is 0 Å². The number of aliphatic carboxylic acids is 1. The summed E-state index contributed by atoms with van der Waals surface area (Å²) in [6.07, 6.45) is -3.24. The number of rotatable bonds is 5. The molecule has 0 saturated carbocycles. The van der Waals surface area contributed by atoms with E-state index in [2.05, 4.69) is 10.3 Å². The Hall–Kier alpha value is -1.63. The third kappa shape index (κ3) is 3.99. The van der Waals surface area contributed by atoms with Gasteiger partial charge in [0.2, 0.25) is 0 Å². The third-order valence-electron chi connectivity index (χ3n) is 2.45. The van der Waals surface area contributed by atoms with Gasteiger partial charge in [0.1, 0.15) is 0 Å². The molecule has 0 amide bonds. The molecule has 0 aliphatic carbocycles. The number of nitrogens with zero attached hydrogens (tertiary/aromatic N) is 1. The molecule has 4 nitrogen and oxygen atoms in total. The first-order valence-electron chi connectivity index (χ1n) is 5.26. The minimum absolute atomic E-state index is 0.449. The highest BCUT2D eigenvalue weighted by Gasteiger charge is 2.44. The highest BCUT2D eigenvalue weighted by atomic mass is 19.4. The Bertz CT molecular complexity index is 395. The molecule has 0 radical (unpaired) electrons. The van der Waals surface area contributed by atoms with E-state index in [1.807, 2.05) is 0 Å². The molecule has 0 spiro atoms. The molecule has 2 N–H and O–H groups in total. The van der Waals surface area contributed by atoms with Gasteiger partial charge in [0.15, 0.2) is 5.92 Å². The first-order chi connectivity index (χ1) is 8.32. The first kappa shape index (κ1) is 14.4. The predicted octanol–water partition coefficient (Wildman–Crippen LogP) is 2.00. The molecule has 0 fully saturated rings. The maximum absolute atomic E-state index is 12.4. The van der Waals surface area contributed by atoms with Gasteiger partial charge in [0.25, 0.3) is 0 Å². The van der Waals surface area contributed by atoms with Gasteiger partial charge in [-0.2, -0.15) is 13.2 Å². The molecule has 0 aromatic carbocycles. The molecule has 0 saturated heterocycles. The molecular weight excluding hydrogens is 249 g/mol. The van der Waals surface area contributed by atoms with E-state index in [4.69, 9.17) is 5.11 Å². The van der Waals surface area contributed by atoms with Crippen LogP contribution in [0.25, 0.3) is 0 Å². The first-order valence-corrected chi connectivity index (χ1v) is 5.26. The van der Waals surface area contributed by atoms with Gasteiger partial charge in [-0.05, 0) is 19.1 Å². The Morgan fingerprint density at radius 1 is 1.50 bits per heavy atom. The Labute approximate surface area is 102 Å². The fraction of sp³-hybridized carbons (Fsp3) is 0.455. The Balaban J connectivity index is 2.61. The number of halogens is 3. The lowest BCUT2D eigenvalue weighted by molar-refractivity contribution is -0.192. The Kier molecular flexibility index (Phi) is 4.66. The smallest absolute Gasteiger partial charge is 0.403 e. The number of hydrogen-bond donors (Lipinski definition) is 2. The summed E-state index contributed by atoms with van der Waals surface area (Å²) in [5.74, 6) is -4.30. The minimum Gasteiger partial charge on any atom is -0.481 e. The summed E-state index contributed by atoms with van der Waals surface area (Å²) in [5.41, 5.74) is 0.559. The van der Waals surface area contributed by atoms with Crippen molar-refractivity contribution < 1.29 is 23.1 Å². The molecule has 0 bridgehead atoms. The molecular formula is C11H13F3N2O2. The summed E-state index contributed by atoms with van der Waals surface area (Å²) in [5, 5.41) is 11.0. The van der Waals surface area contributed by atoms with Gasteiger partial charge in [-0.1, -0.05) is 6.07 Å². The number of carboxylic acids is 1. The fourth-order valence-corrected chi connectivity index (χ4v) is 1.37. The van der Waals surface area contributed by atoms with Crippen molar-refractivity contribution >= 4 is 5.97 Å². The zero-order valence-electron chi connectivity index (χ0n) is 9.61. The zero-order valence-corrected chi connectivity index (χ0v) is 9.61. The molecule has 1 rings (SSSR count). The summed E-state index contributed by atoms with van der Waals surface area (Å²) < 4.78 is 37.2. The van der Waals surface area contributed by atoms with Crippen LogP contribution in [0.3, 0.4) is 0 Å². The van der Waals surface area contributed by atoms with Gasteiger partial charge in [-0.25, -0.2) is 0 Å². The number of carboxylic acid groups (broad SMARTS) is 1. The second-order valence-electron chi connectivity index (χ2n) is 3.82. The van der Waals surface area contributed by atoms with E-state index in [9.17, 15) is 18.0 Å². The lowest BCUT2D eigenvalue weighted by Crippen LogP contribution is -2.39. The van der Waals surface area contributed by atoms with E-state index in [1.54, 1.807) is 25.1 Å². The number of carbonyl (C=O) groups is 1. The van der Waals surface area contributed by atoms with Crippen molar-refractivity contribution in [2.24, 2.45) is 5.92 Å². The number of nitrogens with one attached hydrogen (secondary N) is 1. The summed E-state index contributed by atoms with van der Waals surface area (Å²) in [6, 6.07) is 4.60. The lowest BCUT2D eigenvalue weighted by Gasteiger charge is -2.19. The van der Waals surface area contributed by atoms with Gasteiger partial charge in [-0.3, -0.25) is 9.78 Å². The number of pyridine rings is 1. The van der Waals surface area contributed by atoms with E-state index in [-0.39, 0.29) is 0 Å². The van der Waals surface area contributed by atoms with Crippen LogP contribution >= 0.6 is 0 Å². The van der Waals surface area contributed by atoms with Gasteiger partial charge in [0.05, 0.1) is 5.69 Å². The second kappa shape index (κ2) is 5.81. The minimum atomic E-state index is -4.76. The van der Waals surface area contributed by atoms with Crippen LogP contribution < -0.4 is 5.32 Å². The Morgan fingerprint density at radius 2 is 2.17 bits per heavy atom. The van der Waals surface area contributed by atoms with E-state index < -0.39 is 30.7 Å². The van der Waals surface area contributed by atoms with Crippen molar-refractivity contribution in [3.05, 3.63) is 30.1 Å². The molecule has 2 atom stereocenters. The van der Waals surface area contributed by atoms with Gasteiger partial charge >= 0.3 is 12.1 Å². The second-order valence-corrected chi connectivity index (χ2v) is 3.82. The van der Waals surface area contributed by atoms with Crippen molar-refractivity contribution in [3.63, 3.8) is 0 Å². The summed E-state index contributed by atoms with van der Waals surface area (Å²) >= 11 is 0. The van der Waals surface area contributed by atoms with Crippen LogP contribution in [-0.4, -0.2) is 28.8 Å². The molecule has 0 aliphatic rings. The van der Waals surface area contributed by atoms with E-state index >= 15 is 0 Å². The Morgan fingerprint density at radius 3 is 2.61 bits per heavy atom. The fourth-order valence-electron chi connectivity index (χ4n) is 1.37.